The molecule has 2 amide bonds. The molecule has 18 heavy (non-hydrogen) atoms. The number of carboxylic acid groups (broad SMARTS) is 1. The highest BCUT2D eigenvalue weighted by atomic mass is 16.4. The Labute approximate surface area is 108 Å². The minimum Gasteiger partial charge on any atom is -0.481 e. The van der Waals surface area contributed by atoms with Crippen molar-refractivity contribution in [1.29, 1.82) is 0 Å². The average molecular weight is 254 g/mol. The molecule has 5 heteroatoms. The van der Waals surface area contributed by atoms with E-state index >= 15 is 0 Å². The minimum atomic E-state index is -0.812. The molecular weight excluding hydrogens is 232 g/mol. The highest BCUT2D eigenvalue weighted by Gasteiger charge is 2.38. The predicted molar refractivity (Wildman–Crippen MR) is 67.4 cm³/mol. The highest BCUT2D eigenvalue weighted by Crippen LogP contribution is 2.30. The molecule has 1 heterocycles. The van der Waals surface area contributed by atoms with Crippen molar-refractivity contribution < 1.29 is 14.7 Å². The Hall–Kier alpha value is -1.26. The first-order chi connectivity index (χ1) is 8.63. The maximum Gasteiger partial charge on any atom is 0.320 e. The van der Waals surface area contributed by atoms with E-state index < -0.39 is 5.97 Å². The van der Waals surface area contributed by atoms with Crippen LogP contribution in [-0.2, 0) is 4.79 Å². The van der Waals surface area contributed by atoms with Crippen molar-refractivity contribution in [2.24, 2.45) is 0 Å². The van der Waals surface area contributed by atoms with Gasteiger partial charge in [-0.15, -0.1) is 0 Å². The largest absolute Gasteiger partial charge is 0.481 e. The van der Waals surface area contributed by atoms with Crippen molar-refractivity contribution in [2.45, 2.75) is 57.5 Å². The van der Waals surface area contributed by atoms with Gasteiger partial charge in [0.1, 0.15) is 0 Å². The lowest BCUT2D eigenvalue weighted by molar-refractivity contribution is -0.138. The minimum absolute atomic E-state index is 0.0584. The van der Waals surface area contributed by atoms with Gasteiger partial charge in [-0.25, -0.2) is 4.79 Å². The second-order valence-electron chi connectivity index (χ2n) is 5.29. The molecule has 1 unspecified atom stereocenters. The normalized spacial score (nSPS) is 23.2. The first-order valence-corrected chi connectivity index (χ1v) is 6.92. The van der Waals surface area contributed by atoms with E-state index in [1.165, 1.54) is 0 Å². The van der Waals surface area contributed by atoms with E-state index in [1.54, 1.807) is 4.90 Å². The van der Waals surface area contributed by atoms with Gasteiger partial charge in [0.15, 0.2) is 0 Å². The average Bonchev–Trinajstić information content (AvgIpc) is 3.05. The van der Waals surface area contributed by atoms with Crippen molar-refractivity contribution in [3.63, 3.8) is 0 Å². The molecule has 2 fully saturated rings. The third-order valence-corrected chi connectivity index (χ3v) is 3.73. The first kappa shape index (κ1) is 13.2. The summed E-state index contributed by atoms with van der Waals surface area (Å²) >= 11 is 0. The van der Waals surface area contributed by atoms with Crippen LogP contribution in [0.15, 0.2) is 0 Å². The second kappa shape index (κ2) is 5.59. The van der Waals surface area contributed by atoms with Crippen molar-refractivity contribution >= 4 is 12.0 Å². The summed E-state index contributed by atoms with van der Waals surface area (Å²) in [6.45, 7) is 3.57. The van der Waals surface area contributed by atoms with E-state index in [-0.39, 0.29) is 18.5 Å². The number of nitrogens with zero attached hydrogens (tertiary/aromatic N) is 2. The van der Waals surface area contributed by atoms with Gasteiger partial charge in [-0.3, -0.25) is 4.79 Å². The second-order valence-corrected chi connectivity index (χ2v) is 5.29. The van der Waals surface area contributed by atoms with Crippen LogP contribution in [0.25, 0.3) is 0 Å². The van der Waals surface area contributed by atoms with Crippen LogP contribution in [0.1, 0.15) is 45.4 Å². The summed E-state index contributed by atoms with van der Waals surface area (Å²) in [6.07, 6.45) is 4.99. The van der Waals surface area contributed by atoms with Crippen LogP contribution in [0, 0.1) is 0 Å². The van der Waals surface area contributed by atoms with Gasteiger partial charge in [-0.2, -0.15) is 0 Å². The number of likely N-dealkylation sites (tertiary alicyclic amines) is 1. The molecular formula is C13H22N2O3. The summed E-state index contributed by atoms with van der Waals surface area (Å²) in [5.74, 6) is -0.812. The zero-order valence-electron chi connectivity index (χ0n) is 11.0. The lowest BCUT2D eigenvalue weighted by Crippen LogP contribution is -2.47. The topological polar surface area (TPSA) is 60.9 Å². The zero-order valence-corrected chi connectivity index (χ0v) is 11.0. The SMILES string of the molecule is CCCN(C(=O)N1CCCC1CC(=O)O)C1CC1. The summed E-state index contributed by atoms with van der Waals surface area (Å²) in [7, 11) is 0. The number of rotatable bonds is 5. The molecule has 0 bridgehead atoms. The van der Waals surface area contributed by atoms with E-state index in [9.17, 15) is 9.59 Å². The van der Waals surface area contributed by atoms with Gasteiger partial charge in [0.2, 0.25) is 0 Å². The number of hydrogen-bond acceptors (Lipinski definition) is 2. The number of hydrogen-bond donors (Lipinski definition) is 1. The van der Waals surface area contributed by atoms with E-state index in [4.69, 9.17) is 5.11 Å². The Kier molecular flexibility index (Phi) is 4.09. The number of carboxylic acids is 1. The van der Waals surface area contributed by atoms with Gasteiger partial charge < -0.3 is 14.9 Å². The molecule has 1 saturated heterocycles. The van der Waals surface area contributed by atoms with Crippen molar-refractivity contribution in [3.05, 3.63) is 0 Å². The molecule has 0 aromatic heterocycles. The van der Waals surface area contributed by atoms with Crippen molar-refractivity contribution in [3.8, 4) is 0 Å². The third-order valence-electron chi connectivity index (χ3n) is 3.73. The fourth-order valence-corrected chi connectivity index (χ4v) is 2.73. The summed E-state index contributed by atoms with van der Waals surface area (Å²) in [6, 6.07) is 0.361. The Bertz CT molecular complexity index is 328. The molecule has 2 rings (SSSR count). The zero-order chi connectivity index (χ0) is 13.1. The number of urea groups is 1. The van der Waals surface area contributed by atoms with Gasteiger partial charge >= 0.3 is 12.0 Å². The molecule has 1 aliphatic heterocycles. The van der Waals surface area contributed by atoms with Gasteiger partial charge in [0.25, 0.3) is 0 Å². The van der Waals surface area contributed by atoms with E-state index in [0.29, 0.717) is 12.6 Å². The number of carbonyl (C=O) groups excluding carboxylic acids is 1. The molecule has 102 valence electrons. The van der Waals surface area contributed by atoms with Crippen molar-refractivity contribution in [1.82, 2.24) is 9.80 Å². The molecule has 1 saturated carbocycles. The number of aliphatic carboxylic acids is 1. The van der Waals surface area contributed by atoms with E-state index in [1.807, 2.05) is 4.90 Å². The smallest absolute Gasteiger partial charge is 0.320 e. The Balaban J connectivity index is 1.99. The lowest BCUT2D eigenvalue weighted by Gasteiger charge is -2.31. The molecule has 1 atom stereocenters. The van der Waals surface area contributed by atoms with Crippen LogP contribution in [0.5, 0.6) is 0 Å². The monoisotopic (exact) mass is 254 g/mol. The van der Waals surface area contributed by atoms with Crippen LogP contribution >= 0.6 is 0 Å². The first-order valence-electron chi connectivity index (χ1n) is 6.92. The molecule has 2 aliphatic rings. The highest BCUT2D eigenvalue weighted by molar-refractivity contribution is 5.77. The van der Waals surface area contributed by atoms with Gasteiger partial charge in [0.05, 0.1) is 6.42 Å². The molecule has 0 radical (unpaired) electrons. The van der Waals surface area contributed by atoms with Crippen LogP contribution in [0.2, 0.25) is 0 Å². The maximum absolute atomic E-state index is 12.5. The molecule has 1 aliphatic carbocycles. The molecule has 0 aromatic carbocycles. The van der Waals surface area contributed by atoms with Crippen LogP contribution in [0.4, 0.5) is 4.79 Å². The quantitative estimate of drug-likeness (QED) is 0.815. The predicted octanol–water partition coefficient (Wildman–Crippen LogP) is 1.92. The molecule has 0 aromatic rings. The van der Waals surface area contributed by atoms with Gasteiger partial charge in [-0.05, 0) is 32.1 Å². The standard InChI is InChI=1S/C13H22N2O3/c1-2-7-14(10-5-6-10)13(18)15-8-3-4-11(15)9-12(16)17/h10-11H,2-9H2,1H3,(H,16,17). The third kappa shape index (κ3) is 2.94. The Morgan fingerprint density at radius 2 is 2.06 bits per heavy atom. The van der Waals surface area contributed by atoms with Gasteiger partial charge in [0, 0.05) is 25.2 Å². The summed E-state index contributed by atoms with van der Waals surface area (Å²) in [5.41, 5.74) is 0. The summed E-state index contributed by atoms with van der Waals surface area (Å²) < 4.78 is 0. The molecule has 0 spiro atoms. The van der Waals surface area contributed by atoms with Crippen LogP contribution in [-0.4, -0.2) is 52.1 Å². The Morgan fingerprint density at radius 1 is 1.33 bits per heavy atom. The summed E-state index contributed by atoms with van der Waals surface area (Å²) in [5, 5.41) is 8.89. The Morgan fingerprint density at radius 3 is 2.61 bits per heavy atom. The fourth-order valence-electron chi connectivity index (χ4n) is 2.73. The van der Waals surface area contributed by atoms with Crippen LogP contribution in [0.3, 0.4) is 0 Å². The van der Waals surface area contributed by atoms with Crippen molar-refractivity contribution in [2.75, 3.05) is 13.1 Å². The number of carbonyl (C=O) groups is 2. The summed E-state index contributed by atoms with van der Waals surface area (Å²) in [4.78, 5) is 27.0. The lowest BCUT2D eigenvalue weighted by atomic mass is 10.1. The van der Waals surface area contributed by atoms with E-state index in [2.05, 4.69) is 6.92 Å². The fraction of sp³-hybridized carbons (Fsp3) is 0.846. The van der Waals surface area contributed by atoms with Gasteiger partial charge in [-0.1, -0.05) is 6.92 Å². The molecule has 5 nitrogen and oxygen atoms in total. The number of amides is 2. The maximum atomic E-state index is 12.5. The van der Waals surface area contributed by atoms with Crippen LogP contribution < -0.4 is 0 Å². The molecule has 1 N–H and O–H groups in total. The van der Waals surface area contributed by atoms with E-state index in [0.717, 1.165) is 38.6 Å².